The Kier molecular flexibility index (Phi) is 5.42. The third-order valence-electron chi connectivity index (χ3n) is 8.80. The fraction of sp³-hybridized carbons (Fsp3) is 0.556. The quantitative estimate of drug-likeness (QED) is 0.679. The van der Waals surface area contributed by atoms with E-state index in [9.17, 15) is 14.4 Å². The van der Waals surface area contributed by atoms with Gasteiger partial charge in [-0.05, 0) is 80.7 Å². The van der Waals surface area contributed by atoms with E-state index in [0.29, 0.717) is 13.1 Å². The minimum atomic E-state index is -0.573. The van der Waals surface area contributed by atoms with Crippen LogP contribution in [-0.4, -0.2) is 51.2 Å². The van der Waals surface area contributed by atoms with E-state index in [2.05, 4.69) is 10.4 Å². The smallest absolute Gasteiger partial charge is 0.307 e. The number of carbonyl (C=O) groups excluding carboxylic acids is 3. The van der Waals surface area contributed by atoms with Gasteiger partial charge in [0.2, 0.25) is 11.8 Å². The molecular weight excluding hydrogens is 444 g/mol. The molecule has 2 saturated heterocycles. The number of likely N-dealkylation sites (tertiary alicyclic amines) is 1. The Labute approximate surface area is 205 Å². The van der Waals surface area contributed by atoms with Crippen molar-refractivity contribution >= 4 is 23.5 Å². The molecule has 4 aliphatic rings. The number of rotatable bonds is 4. The number of carbonyl (C=O) groups is 3. The van der Waals surface area contributed by atoms with Crippen LogP contribution in [0.25, 0.3) is 5.69 Å². The predicted octanol–water partition coefficient (Wildman–Crippen LogP) is 3.71. The van der Waals surface area contributed by atoms with Crippen molar-refractivity contribution in [2.24, 2.45) is 17.3 Å². The summed E-state index contributed by atoms with van der Waals surface area (Å²) >= 11 is 0. The molecule has 1 N–H and O–H groups in total. The van der Waals surface area contributed by atoms with Crippen LogP contribution < -0.4 is 5.32 Å². The second kappa shape index (κ2) is 8.50. The van der Waals surface area contributed by atoms with Crippen molar-refractivity contribution in [1.82, 2.24) is 14.7 Å². The molecule has 2 saturated carbocycles. The van der Waals surface area contributed by atoms with E-state index in [1.807, 2.05) is 41.4 Å². The molecule has 35 heavy (non-hydrogen) atoms. The highest BCUT2D eigenvalue weighted by Crippen LogP contribution is 2.60. The fourth-order valence-corrected chi connectivity index (χ4v) is 6.62. The number of hydrogen-bond donors (Lipinski definition) is 1. The fourth-order valence-electron chi connectivity index (χ4n) is 6.62. The first kappa shape index (κ1) is 22.3. The summed E-state index contributed by atoms with van der Waals surface area (Å²) in [5, 5.41) is 7.29. The summed E-state index contributed by atoms with van der Waals surface area (Å²) in [4.78, 5) is 40.4. The normalized spacial score (nSPS) is 26.5. The van der Waals surface area contributed by atoms with Crippen molar-refractivity contribution in [1.29, 1.82) is 0 Å². The van der Waals surface area contributed by atoms with E-state index < -0.39 is 5.60 Å². The van der Waals surface area contributed by atoms with Crippen LogP contribution in [0.15, 0.2) is 42.7 Å². The average Bonchev–Trinajstić information content (AvgIpc) is 3.19. The average molecular weight is 477 g/mol. The molecule has 2 aliphatic heterocycles. The number of benzene rings is 1. The molecule has 0 unspecified atom stereocenters. The Balaban J connectivity index is 1.04. The van der Waals surface area contributed by atoms with Gasteiger partial charge in [-0.25, -0.2) is 4.68 Å². The first-order valence-corrected chi connectivity index (χ1v) is 12.9. The van der Waals surface area contributed by atoms with Crippen LogP contribution in [-0.2, 0) is 19.1 Å². The highest BCUT2D eigenvalue weighted by molar-refractivity contribution is 5.95. The lowest BCUT2D eigenvalue weighted by atomic mass is 9.75. The molecule has 0 bridgehead atoms. The van der Waals surface area contributed by atoms with Gasteiger partial charge in [-0.3, -0.25) is 14.4 Å². The molecule has 2 atom stereocenters. The Morgan fingerprint density at radius 1 is 1.00 bits per heavy atom. The molecule has 6 rings (SSSR count). The number of nitrogens with zero attached hydrogens (tertiary/aromatic N) is 3. The van der Waals surface area contributed by atoms with Crippen LogP contribution in [0.4, 0.5) is 5.69 Å². The van der Waals surface area contributed by atoms with Gasteiger partial charge in [-0.2, -0.15) is 5.10 Å². The zero-order chi connectivity index (χ0) is 24.0. The van der Waals surface area contributed by atoms with Gasteiger partial charge < -0.3 is 15.0 Å². The maximum atomic E-state index is 13.4. The number of anilines is 1. The van der Waals surface area contributed by atoms with Crippen molar-refractivity contribution in [2.75, 3.05) is 18.4 Å². The maximum absolute atomic E-state index is 13.4. The third-order valence-corrected chi connectivity index (χ3v) is 8.80. The van der Waals surface area contributed by atoms with Crippen molar-refractivity contribution in [3.05, 3.63) is 42.7 Å². The zero-order valence-corrected chi connectivity index (χ0v) is 19.9. The molecule has 1 aromatic heterocycles. The summed E-state index contributed by atoms with van der Waals surface area (Å²) < 4.78 is 7.53. The Morgan fingerprint density at radius 2 is 1.74 bits per heavy atom. The van der Waals surface area contributed by atoms with Gasteiger partial charge in [0.25, 0.3) is 0 Å². The van der Waals surface area contributed by atoms with E-state index in [4.69, 9.17) is 4.74 Å². The molecule has 2 spiro atoms. The molecule has 1 aromatic carbocycles. The van der Waals surface area contributed by atoms with Gasteiger partial charge >= 0.3 is 5.97 Å². The number of piperidine rings is 1. The number of nitrogens with one attached hydrogen (secondary N) is 1. The Hall–Kier alpha value is -3.16. The minimum Gasteiger partial charge on any atom is -0.458 e. The Bertz CT molecular complexity index is 1110. The molecule has 8 nitrogen and oxygen atoms in total. The lowest BCUT2D eigenvalue weighted by Gasteiger charge is -2.40. The number of amides is 2. The second-order valence-electron chi connectivity index (χ2n) is 10.8. The maximum Gasteiger partial charge on any atom is 0.307 e. The van der Waals surface area contributed by atoms with Crippen molar-refractivity contribution in [3.8, 4) is 5.69 Å². The first-order valence-electron chi connectivity index (χ1n) is 12.9. The number of esters is 1. The van der Waals surface area contributed by atoms with E-state index in [1.165, 1.54) is 0 Å². The molecule has 8 heteroatoms. The van der Waals surface area contributed by atoms with Gasteiger partial charge in [-0.15, -0.1) is 0 Å². The largest absolute Gasteiger partial charge is 0.458 e. The molecule has 2 amide bonds. The molecule has 2 aromatic rings. The number of ether oxygens (including phenoxy) is 1. The monoisotopic (exact) mass is 476 g/mol. The topological polar surface area (TPSA) is 93.5 Å². The lowest BCUT2D eigenvalue weighted by Crippen LogP contribution is -2.49. The van der Waals surface area contributed by atoms with E-state index in [1.54, 1.807) is 10.9 Å². The summed E-state index contributed by atoms with van der Waals surface area (Å²) in [6.07, 6.45) is 11.2. The Morgan fingerprint density at radius 3 is 2.43 bits per heavy atom. The summed E-state index contributed by atoms with van der Waals surface area (Å²) in [6.45, 7) is 1.31. The van der Waals surface area contributed by atoms with Gasteiger partial charge in [0.15, 0.2) is 0 Å². The summed E-state index contributed by atoms with van der Waals surface area (Å²) in [6, 6.07) is 9.54. The molecule has 2 aliphatic carbocycles. The van der Waals surface area contributed by atoms with Crippen LogP contribution in [0.1, 0.15) is 57.8 Å². The number of aromatic nitrogens is 2. The van der Waals surface area contributed by atoms with Crippen molar-refractivity contribution in [2.45, 2.75) is 63.4 Å². The van der Waals surface area contributed by atoms with Gasteiger partial charge in [0.05, 0.1) is 18.0 Å². The van der Waals surface area contributed by atoms with E-state index in [0.717, 1.165) is 62.7 Å². The van der Waals surface area contributed by atoms with E-state index in [-0.39, 0.29) is 41.5 Å². The van der Waals surface area contributed by atoms with Crippen molar-refractivity contribution in [3.63, 3.8) is 0 Å². The molecule has 4 fully saturated rings. The third kappa shape index (κ3) is 4.02. The highest BCUT2D eigenvalue weighted by atomic mass is 16.6. The van der Waals surface area contributed by atoms with Crippen molar-refractivity contribution < 1.29 is 19.1 Å². The van der Waals surface area contributed by atoms with Gasteiger partial charge in [0, 0.05) is 37.1 Å². The molecule has 0 radical (unpaired) electrons. The van der Waals surface area contributed by atoms with Crippen LogP contribution in [0.2, 0.25) is 0 Å². The van der Waals surface area contributed by atoms with Crippen LogP contribution in [0, 0.1) is 17.3 Å². The number of hydrogen-bond acceptors (Lipinski definition) is 5. The summed E-state index contributed by atoms with van der Waals surface area (Å²) in [5.41, 5.74) is 1.15. The highest BCUT2D eigenvalue weighted by Gasteiger charge is 2.60. The first-order chi connectivity index (χ1) is 17.0. The summed E-state index contributed by atoms with van der Waals surface area (Å²) in [7, 11) is 0. The second-order valence-corrected chi connectivity index (χ2v) is 10.8. The molecular formula is C27H32N4O4. The molecule has 3 heterocycles. The molecule has 184 valence electrons. The van der Waals surface area contributed by atoms with Crippen LogP contribution in [0.3, 0.4) is 0 Å². The summed E-state index contributed by atoms with van der Waals surface area (Å²) in [5.74, 6) is -0.437. The van der Waals surface area contributed by atoms with E-state index >= 15 is 0 Å². The minimum absolute atomic E-state index is 0.000382. The van der Waals surface area contributed by atoms with Gasteiger partial charge in [-0.1, -0.05) is 6.42 Å². The predicted molar refractivity (Wildman–Crippen MR) is 129 cm³/mol. The lowest BCUT2D eigenvalue weighted by molar-refractivity contribution is -0.156. The van der Waals surface area contributed by atoms with Gasteiger partial charge in [0.1, 0.15) is 5.60 Å². The SMILES string of the molecule is O=C1C[C@H](C(=O)N2CCC3(CC2)C[C@H]3C(=O)Nc2ccc(-n3cccn3)cc2)C2(CCCCC2)O1. The zero-order valence-electron chi connectivity index (χ0n) is 19.9. The van der Waals surface area contributed by atoms with Crippen LogP contribution in [0.5, 0.6) is 0 Å². The van der Waals surface area contributed by atoms with Crippen LogP contribution >= 0.6 is 0 Å². The standard InChI is InChI=1S/C27H32N4O4/c32-23-17-21(27(35-23)9-2-1-3-10-27)25(34)30-15-11-26(12-16-30)18-22(26)24(33)29-19-5-7-20(8-6-19)31-14-4-13-28-31/h4-8,13-14,21-22H,1-3,9-12,15-18H2,(H,29,33)/t21-,22+/m1/s1.